The molecule has 1 atom stereocenters. The van der Waals surface area contributed by atoms with E-state index in [-0.39, 0.29) is 24.0 Å². The summed E-state index contributed by atoms with van der Waals surface area (Å²) in [4.78, 5) is 6.85. The van der Waals surface area contributed by atoms with Crippen molar-refractivity contribution < 1.29 is 0 Å². The third kappa shape index (κ3) is 4.77. The Kier molecular flexibility index (Phi) is 8.12. The monoisotopic (exact) mass is 464 g/mol. The van der Waals surface area contributed by atoms with Crippen LogP contribution in [0.4, 0.5) is 0 Å². The maximum atomic E-state index is 4.48. The van der Waals surface area contributed by atoms with Gasteiger partial charge in [-0.2, -0.15) is 11.8 Å². The fraction of sp³-hybridized carbons (Fsp3) is 0.812. The van der Waals surface area contributed by atoms with Crippen molar-refractivity contribution in [2.45, 2.75) is 57.4 Å². The van der Waals surface area contributed by atoms with Crippen LogP contribution in [0.1, 0.15) is 44.3 Å². The molecule has 3 heterocycles. The van der Waals surface area contributed by atoms with Gasteiger partial charge in [-0.25, -0.2) is 0 Å². The van der Waals surface area contributed by atoms with Crippen LogP contribution in [0.3, 0.4) is 0 Å². The number of hydrogen-bond acceptors (Lipinski definition) is 4. The first kappa shape index (κ1) is 19.8. The van der Waals surface area contributed by atoms with E-state index in [1.807, 2.05) is 7.05 Å². The minimum atomic E-state index is 0. The number of thioether (sulfide) groups is 1. The van der Waals surface area contributed by atoms with E-state index < -0.39 is 0 Å². The average Bonchev–Trinajstić information content (AvgIpc) is 2.82. The Balaban J connectivity index is 0.00000208. The Morgan fingerprint density at radius 1 is 1.29 bits per heavy atom. The van der Waals surface area contributed by atoms with E-state index in [0.29, 0.717) is 11.8 Å². The predicted molar refractivity (Wildman–Crippen MR) is 111 cm³/mol. The molecule has 1 fully saturated rings. The van der Waals surface area contributed by atoms with E-state index in [9.17, 15) is 0 Å². The molecule has 2 aliphatic rings. The van der Waals surface area contributed by atoms with Crippen LogP contribution in [0.2, 0.25) is 0 Å². The van der Waals surface area contributed by atoms with Gasteiger partial charge in [-0.15, -0.1) is 34.2 Å². The van der Waals surface area contributed by atoms with Gasteiger partial charge in [-0.05, 0) is 19.3 Å². The Bertz CT molecular complexity index is 547. The molecule has 136 valence electrons. The first-order valence-electron chi connectivity index (χ1n) is 8.80. The zero-order chi connectivity index (χ0) is 16.1. The molecule has 1 N–H and O–H groups in total. The van der Waals surface area contributed by atoms with Crippen LogP contribution in [0.15, 0.2) is 4.99 Å². The van der Waals surface area contributed by atoms with Crippen LogP contribution >= 0.6 is 35.7 Å². The molecule has 0 spiro atoms. The maximum absolute atomic E-state index is 4.48. The highest BCUT2D eigenvalue weighted by molar-refractivity contribution is 14.0. The molecule has 1 aromatic rings. The number of hydrogen-bond donors (Lipinski definition) is 1. The summed E-state index contributed by atoms with van der Waals surface area (Å²) in [7, 11) is 1.87. The average molecular weight is 464 g/mol. The van der Waals surface area contributed by atoms with Crippen molar-refractivity contribution in [1.29, 1.82) is 0 Å². The number of fused-ring (bicyclic) bond motifs is 1. The van der Waals surface area contributed by atoms with Gasteiger partial charge in [0, 0.05) is 44.1 Å². The zero-order valence-corrected chi connectivity index (χ0v) is 17.8. The number of guanidine groups is 1. The number of aromatic nitrogens is 3. The van der Waals surface area contributed by atoms with Crippen molar-refractivity contribution >= 4 is 41.7 Å². The number of nitrogens with zero attached hydrogens (tertiary/aromatic N) is 5. The Hall–Kier alpha value is -0.510. The second kappa shape index (κ2) is 9.84. The quantitative estimate of drug-likeness (QED) is 0.423. The van der Waals surface area contributed by atoms with Crippen molar-refractivity contribution in [1.82, 2.24) is 25.0 Å². The molecule has 0 radical (unpaired) electrons. The molecule has 1 saturated heterocycles. The van der Waals surface area contributed by atoms with Gasteiger partial charge in [0.1, 0.15) is 5.82 Å². The summed E-state index contributed by atoms with van der Waals surface area (Å²) in [6, 6.07) is 0. The minimum absolute atomic E-state index is 0. The van der Waals surface area contributed by atoms with Crippen LogP contribution < -0.4 is 5.32 Å². The van der Waals surface area contributed by atoms with Crippen molar-refractivity contribution in [3.8, 4) is 0 Å². The Labute approximate surface area is 166 Å². The van der Waals surface area contributed by atoms with Crippen molar-refractivity contribution in [2.24, 2.45) is 4.99 Å². The molecule has 0 bridgehead atoms. The first-order chi connectivity index (χ1) is 11.3. The summed E-state index contributed by atoms with van der Waals surface area (Å²) >= 11 is 2.08. The molecule has 0 saturated carbocycles. The van der Waals surface area contributed by atoms with Gasteiger partial charge in [0.15, 0.2) is 11.8 Å². The van der Waals surface area contributed by atoms with E-state index >= 15 is 0 Å². The number of aryl methyl sites for hydroxylation is 1. The number of rotatable bonds is 3. The fourth-order valence-electron chi connectivity index (χ4n) is 3.33. The molecule has 2 aliphatic heterocycles. The van der Waals surface area contributed by atoms with E-state index in [1.54, 1.807) is 0 Å². The lowest BCUT2D eigenvalue weighted by Gasteiger charge is -2.34. The smallest absolute Gasteiger partial charge is 0.194 e. The first-order valence-corrected chi connectivity index (χ1v) is 9.84. The predicted octanol–water partition coefficient (Wildman–Crippen LogP) is 2.53. The van der Waals surface area contributed by atoms with Crippen LogP contribution in [-0.4, -0.2) is 56.8 Å². The molecule has 1 unspecified atom stereocenters. The van der Waals surface area contributed by atoms with Crippen LogP contribution in [0.5, 0.6) is 0 Å². The van der Waals surface area contributed by atoms with Gasteiger partial charge >= 0.3 is 0 Å². The molecular weight excluding hydrogens is 435 g/mol. The van der Waals surface area contributed by atoms with Gasteiger partial charge in [0.2, 0.25) is 0 Å². The molecule has 0 amide bonds. The Morgan fingerprint density at radius 3 is 2.96 bits per heavy atom. The summed E-state index contributed by atoms with van der Waals surface area (Å²) in [5.41, 5.74) is 0. The molecule has 1 aromatic heterocycles. The highest BCUT2D eigenvalue weighted by atomic mass is 127. The fourth-order valence-corrected chi connectivity index (χ4v) is 4.51. The highest BCUT2D eigenvalue weighted by Gasteiger charge is 2.22. The normalized spacial score (nSPS) is 21.7. The second-order valence-corrected chi connectivity index (χ2v) is 7.65. The van der Waals surface area contributed by atoms with Gasteiger partial charge in [-0.1, -0.05) is 13.3 Å². The van der Waals surface area contributed by atoms with Gasteiger partial charge < -0.3 is 14.8 Å². The van der Waals surface area contributed by atoms with Crippen LogP contribution in [-0.2, 0) is 19.5 Å². The molecular formula is C16H29IN6S. The summed E-state index contributed by atoms with van der Waals surface area (Å²) in [5.74, 6) is 4.37. The van der Waals surface area contributed by atoms with E-state index in [0.717, 1.165) is 43.7 Å². The third-order valence-electron chi connectivity index (χ3n) is 4.70. The highest BCUT2D eigenvalue weighted by Crippen LogP contribution is 2.21. The number of aliphatic imine (C=N–C) groups is 1. The molecule has 6 nitrogen and oxygen atoms in total. The maximum Gasteiger partial charge on any atom is 0.194 e. The van der Waals surface area contributed by atoms with Crippen molar-refractivity contribution in [3.63, 3.8) is 0 Å². The standard InChI is InChI=1S/C16H28N6S.HI/c1-3-13-12-21(9-10-23-13)16(17-2)18-11-15-20-19-14-7-5-4-6-8-22(14)15;/h13H,3-12H2,1-2H3,(H,17,18);1H. The topological polar surface area (TPSA) is 58.3 Å². The SMILES string of the molecule is CCC1CN(C(=NC)NCc2nnc3n2CCCCC3)CCS1.I. The number of nitrogens with one attached hydrogen (secondary N) is 1. The van der Waals surface area contributed by atoms with Gasteiger partial charge in [0.05, 0.1) is 6.54 Å². The molecule has 8 heteroatoms. The summed E-state index contributed by atoms with van der Waals surface area (Å²) < 4.78 is 2.30. The van der Waals surface area contributed by atoms with E-state index in [1.165, 1.54) is 31.4 Å². The van der Waals surface area contributed by atoms with Crippen molar-refractivity contribution in [2.75, 3.05) is 25.9 Å². The van der Waals surface area contributed by atoms with Crippen LogP contribution in [0, 0.1) is 0 Å². The Morgan fingerprint density at radius 2 is 2.17 bits per heavy atom. The van der Waals surface area contributed by atoms with E-state index in [4.69, 9.17) is 0 Å². The molecule has 0 aliphatic carbocycles. The molecule has 3 rings (SSSR count). The lowest BCUT2D eigenvalue weighted by Crippen LogP contribution is -2.47. The lowest BCUT2D eigenvalue weighted by molar-refractivity contribution is 0.406. The molecule has 0 aromatic carbocycles. The number of halogens is 1. The third-order valence-corrected chi connectivity index (χ3v) is 6.07. The molecule has 24 heavy (non-hydrogen) atoms. The van der Waals surface area contributed by atoms with Crippen LogP contribution in [0.25, 0.3) is 0 Å². The summed E-state index contributed by atoms with van der Waals surface area (Å²) in [6.07, 6.45) is 6.03. The summed E-state index contributed by atoms with van der Waals surface area (Å²) in [6.45, 7) is 6.18. The largest absolute Gasteiger partial charge is 0.349 e. The lowest BCUT2D eigenvalue weighted by atomic mass is 10.2. The van der Waals surface area contributed by atoms with Gasteiger partial charge in [-0.3, -0.25) is 4.99 Å². The summed E-state index contributed by atoms with van der Waals surface area (Å²) in [5, 5.41) is 13.0. The van der Waals surface area contributed by atoms with E-state index in [2.05, 4.69) is 48.7 Å². The second-order valence-electron chi connectivity index (χ2n) is 6.24. The van der Waals surface area contributed by atoms with Crippen molar-refractivity contribution in [3.05, 3.63) is 11.6 Å². The zero-order valence-electron chi connectivity index (χ0n) is 14.7. The van der Waals surface area contributed by atoms with Gasteiger partial charge in [0.25, 0.3) is 0 Å². The minimum Gasteiger partial charge on any atom is -0.349 e.